The zero-order valence-corrected chi connectivity index (χ0v) is 13.7. The number of aromatic nitrogens is 2. The second-order valence-corrected chi connectivity index (χ2v) is 5.49. The fraction of sp³-hybridized carbons (Fsp3) is 0.158. The molecule has 0 spiro atoms. The highest BCUT2D eigenvalue weighted by Gasteiger charge is 2.11. The first-order valence-corrected chi connectivity index (χ1v) is 7.80. The van der Waals surface area contributed by atoms with Crippen LogP contribution in [0.4, 0.5) is 0 Å². The van der Waals surface area contributed by atoms with Crippen LogP contribution in [0.25, 0.3) is 22.0 Å². The molecular weight excluding hydrogens is 302 g/mol. The summed E-state index contributed by atoms with van der Waals surface area (Å²) in [7, 11) is 1.61. The third-order valence-corrected chi connectivity index (χ3v) is 4.02. The van der Waals surface area contributed by atoms with E-state index in [2.05, 4.69) is 10.3 Å². The summed E-state index contributed by atoms with van der Waals surface area (Å²) in [6, 6.07) is 9.27. The average Bonchev–Trinajstić information content (AvgIpc) is 3.11. The van der Waals surface area contributed by atoms with Crippen molar-refractivity contribution in [3.8, 4) is 11.1 Å². The number of allylic oxidation sites excluding steroid dienone is 2. The van der Waals surface area contributed by atoms with E-state index < -0.39 is 0 Å². The smallest absolute Gasteiger partial charge is 0.275 e. The van der Waals surface area contributed by atoms with Gasteiger partial charge < -0.3 is 14.9 Å². The van der Waals surface area contributed by atoms with Crippen molar-refractivity contribution in [2.75, 3.05) is 7.05 Å². The van der Waals surface area contributed by atoms with E-state index in [0.29, 0.717) is 17.6 Å². The fourth-order valence-corrected chi connectivity index (χ4v) is 2.73. The van der Waals surface area contributed by atoms with Crippen LogP contribution in [0.3, 0.4) is 0 Å². The lowest BCUT2D eigenvalue weighted by Gasteiger charge is -2.10. The topological polar surface area (TPSA) is 66.9 Å². The number of aromatic amines is 1. The molecule has 5 nitrogen and oxygen atoms in total. The summed E-state index contributed by atoms with van der Waals surface area (Å²) >= 11 is 0. The number of nitrogens with one attached hydrogen (secondary N) is 2. The predicted octanol–water partition coefficient (Wildman–Crippen LogP) is 2.93. The minimum absolute atomic E-state index is 0.0427. The van der Waals surface area contributed by atoms with Gasteiger partial charge in [-0.25, -0.2) is 0 Å². The molecule has 3 rings (SSSR count). The molecule has 0 radical (unpaired) electrons. The Morgan fingerprint density at radius 3 is 2.67 bits per heavy atom. The number of carbonyl (C=O) groups excluding carboxylic acids is 1. The summed E-state index contributed by atoms with van der Waals surface area (Å²) in [5.74, 6) is -0.119. The number of amides is 1. The van der Waals surface area contributed by atoms with Gasteiger partial charge in [-0.15, -0.1) is 0 Å². The number of benzene rings is 1. The summed E-state index contributed by atoms with van der Waals surface area (Å²) < 4.78 is 1.68. The molecule has 0 bridgehead atoms. The van der Waals surface area contributed by atoms with Crippen molar-refractivity contribution in [1.29, 1.82) is 0 Å². The maximum Gasteiger partial charge on any atom is 0.275 e. The summed E-state index contributed by atoms with van der Waals surface area (Å²) in [6.45, 7) is 2.45. The van der Waals surface area contributed by atoms with Crippen LogP contribution in [0.5, 0.6) is 0 Å². The van der Waals surface area contributed by atoms with E-state index in [0.717, 1.165) is 16.5 Å². The maximum atomic E-state index is 12.5. The third kappa shape index (κ3) is 2.76. The van der Waals surface area contributed by atoms with Gasteiger partial charge in [-0.3, -0.25) is 9.59 Å². The number of nitrogens with zero attached hydrogens (tertiary/aromatic N) is 1. The Morgan fingerprint density at radius 1 is 1.25 bits per heavy atom. The Kier molecular flexibility index (Phi) is 4.33. The second kappa shape index (κ2) is 6.58. The molecule has 1 aromatic carbocycles. The lowest BCUT2D eigenvalue weighted by molar-refractivity contribution is 0.0963. The Labute approximate surface area is 139 Å². The Balaban J connectivity index is 2.14. The molecule has 0 fully saturated rings. The second-order valence-electron chi connectivity index (χ2n) is 5.49. The van der Waals surface area contributed by atoms with E-state index in [1.807, 2.05) is 43.5 Å². The summed E-state index contributed by atoms with van der Waals surface area (Å²) in [5.41, 5.74) is 3.07. The van der Waals surface area contributed by atoms with Gasteiger partial charge in [0.15, 0.2) is 0 Å². The largest absolute Gasteiger partial charge is 0.357 e. The van der Waals surface area contributed by atoms with Crippen molar-refractivity contribution in [2.24, 2.45) is 0 Å². The first-order valence-electron chi connectivity index (χ1n) is 7.80. The van der Waals surface area contributed by atoms with Gasteiger partial charge in [0.25, 0.3) is 11.5 Å². The molecule has 2 N–H and O–H groups in total. The molecule has 2 aromatic heterocycles. The number of carbonyl (C=O) groups is 1. The first-order chi connectivity index (χ1) is 11.7. The van der Waals surface area contributed by atoms with Crippen molar-refractivity contribution >= 4 is 16.8 Å². The quantitative estimate of drug-likeness (QED) is 0.726. The molecule has 0 aliphatic heterocycles. The lowest BCUT2D eigenvalue weighted by atomic mass is 10.0. The van der Waals surface area contributed by atoms with Gasteiger partial charge in [-0.1, -0.05) is 24.3 Å². The van der Waals surface area contributed by atoms with Gasteiger partial charge in [0, 0.05) is 42.5 Å². The van der Waals surface area contributed by atoms with Crippen molar-refractivity contribution in [2.45, 2.75) is 13.5 Å². The van der Waals surface area contributed by atoms with Crippen LogP contribution < -0.4 is 10.9 Å². The average molecular weight is 321 g/mol. The number of H-pyrrole nitrogens is 1. The molecule has 0 unspecified atom stereocenters. The standard InChI is InChI=1S/C19H19N3O2/c1-3-4-11-22-12-16(15-9-10-21-17(15)19(22)24)13-5-7-14(8-6-13)18(23)20-2/h3-10,12,21H,11H2,1-2H3,(H,20,23)/b4-3+. The SMILES string of the molecule is C/C=C/Cn1cc(-c2ccc(C(=O)NC)cc2)c2cc[nH]c2c1=O. The van der Waals surface area contributed by atoms with Gasteiger partial charge in [0.2, 0.25) is 0 Å². The molecular formula is C19H19N3O2. The summed E-state index contributed by atoms with van der Waals surface area (Å²) in [6.07, 6.45) is 7.50. The van der Waals surface area contributed by atoms with Gasteiger partial charge in [0.05, 0.1) is 0 Å². The van der Waals surface area contributed by atoms with Crippen molar-refractivity contribution in [3.05, 3.63) is 70.8 Å². The molecule has 0 aliphatic rings. The number of rotatable bonds is 4. The summed E-state index contributed by atoms with van der Waals surface area (Å²) in [4.78, 5) is 27.2. The number of pyridine rings is 1. The molecule has 0 atom stereocenters. The van der Waals surface area contributed by atoms with E-state index in [-0.39, 0.29) is 11.5 Å². The van der Waals surface area contributed by atoms with Crippen LogP contribution in [0.15, 0.2) is 59.7 Å². The zero-order chi connectivity index (χ0) is 17.1. The minimum atomic E-state index is -0.119. The van der Waals surface area contributed by atoms with Gasteiger partial charge in [-0.2, -0.15) is 0 Å². The molecule has 0 saturated heterocycles. The van der Waals surface area contributed by atoms with Crippen LogP contribution in [0, 0.1) is 0 Å². The van der Waals surface area contributed by atoms with Crippen LogP contribution >= 0.6 is 0 Å². The van der Waals surface area contributed by atoms with E-state index in [1.165, 1.54) is 0 Å². The van der Waals surface area contributed by atoms with E-state index in [9.17, 15) is 9.59 Å². The molecule has 1 amide bonds. The van der Waals surface area contributed by atoms with Gasteiger partial charge in [-0.05, 0) is 30.7 Å². The van der Waals surface area contributed by atoms with Crippen molar-refractivity contribution in [3.63, 3.8) is 0 Å². The Morgan fingerprint density at radius 2 is 2.00 bits per heavy atom. The van der Waals surface area contributed by atoms with E-state index >= 15 is 0 Å². The third-order valence-electron chi connectivity index (χ3n) is 4.02. The van der Waals surface area contributed by atoms with Crippen LogP contribution in [-0.2, 0) is 6.54 Å². The molecule has 0 saturated carbocycles. The Bertz CT molecular complexity index is 962. The highest BCUT2D eigenvalue weighted by molar-refractivity contribution is 5.97. The number of hydrogen-bond donors (Lipinski definition) is 2. The normalized spacial score (nSPS) is 11.2. The zero-order valence-electron chi connectivity index (χ0n) is 13.7. The Hall–Kier alpha value is -3.08. The molecule has 0 aliphatic carbocycles. The van der Waals surface area contributed by atoms with E-state index in [1.54, 1.807) is 29.9 Å². The maximum absolute atomic E-state index is 12.5. The fourth-order valence-electron chi connectivity index (χ4n) is 2.73. The van der Waals surface area contributed by atoms with Crippen molar-refractivity contribution in [1.82, 2.24) is 14.9 Å². The van der Waals surface area contributed by atoms with Crippen LogP contribution in [0.2, 0.25) is 0 Å². The lowest BCUT2D eigenvalue weighted by Crippen LogP contribution is -2.19. The summed E-state index contributed by atoms with van der Waals surface area (Å²) in [5, 5.41) is 3.49. The molecule has 24 heavy (non-hydrogen) atoms. The van der Waals surface area contributed by atoms with Crippen molar-refractivity contribution < 1.29 is 4.79 Å². The predicted molar refractivity (Wildman–Crippen MR) is 96.2 cm³/mol. The molecule has 122 valence electrons. The van der Waals surface area contributed by atoms with E-state index in [4.69, 9.17) is 0 Å². The highest BCUT2D eigenvalue weighted by atomic mass is 16.1. The minimum Gasteiger partial charge on any atom is -0.357 e. The monoisotopic (exact) mass is 321 g/mol. The van der Waals surface area contributed by atoms with Crippen LogP contribution in [0.1, 0.15) is 17.3 Å². The van der Waals surface area contributed by atoms with Gasteiger partial charge in [0.1, 0.15) is 5.52 Å². The molecule has 2 heterocycles. The molecule has 3 aromatic rings. The van der Waals surface area contributed by atoms with Gasteiger partial charge >= 0.3 is 0 Å². The van der Waals surface area contributed by atoms with Crippen LogP contribution in [-0.4, -0.2) is 22.5 Å². The molecule has 5 heteroatoms. The number of fused-ring (bicyclic) bond motifs is 1. The highest BCUT2D eigenvalue weighted by Crippen LogP contribution is 2.26. The first kappa shape index (κ1) is 15.8. The number of hydrogen-bond acceptors (Lipinski definition) is 2.